The van der Waals surface area contributed by atoms with Crippen molar-refractivity contribution in [1.82, 2.24) is 4.98 Å². The van der Waals surface area contributed by atoms with Crippen molar-refractivity contribution in [1.29, 1.82) is 0 Å². The Bertz CT molecular complexity index is 911. The van der Waals surface area contributed by atoms with Crippen molar-refractivity contribution in [3.05, 3.63) is 51.4 Å². The molecule has 2 unspecified atom stereocenters. The van der Waals surface area contributed by atoms with E-state index in [9.17, 15) is 9.50 Å². The van der Waals surface area contributed by atoms with Crippen LogP contribution in [0.3, 0.4) is 0 Å². The van der Waals surface area contributed by atoms with Crippen LogP contribution in [0, 0.1) is 23.6 Å². The number of aromatic nitrogens is 1. The van der Waals surface area contributed by atoms with Gasteiger partial charge >= 0.3 is 0 Å². The number of aliphatic hydroxyl groups excluding tert-OH is 1. The molecule has 0 saturated heterocycles. The number of halogens is 3. The average Bonchev–Trinajstić information content (AvgIpc) is 3.04. The lowest BCUT2D eigenvalue weighted by Gasteiger charge is -2.18. The normalized spacial score (nSPS) is 20.0. The van der Waals surface area contributed by atoms with E-state index in [-0.39, 0.29) is 22.9 Å². The number of anilines is 1. The van der Waals surface area contributed by atoms with E-state index in [0.717, 1.165) is 12.8 Å². The Morgan fingerprint density at radius 2 is 2.15 bits per heavy atom. The van der Waals surface area contributed by atoms with E-state index in [4.69, 9.17) is 33.7 Å². The van der Waals surface area contributed by atoms with E-state index in [1.54, 1.807) is 19.2 Å². The van der Waals surface area contributed by atoms with Gasteiger partial charge in [-0.2, -0.15) is 0 Å². The lowest BCUT2D eigenvalue weighted by Crippen LogP contribution is -2.08. The highest BCUT2D eigenvalue weighted by Crippen LogP contribution is 2.36. The maximum absolute atomic E-state index is 13.8. The Morgan fingerprint density at radius 3 is 2.85 bits per heavy atom. The molecule has 1 heterocycles. The molecule has 1 fully saturated rings. The molecule has 1 aromatic carbocycles. The fourth-order valence-electron chi connectivity index (χ4n) is 3.06. The van der Waals surface area contributed by atoms with Gasteiger partial charge in [-0.25, -0.2) is 9.37 Å². The molecule has 4 nitrogen and oxygen atoms in total. The van der Waals surface area contributed by atoms with Crippen LogP contribution in [0.1, 0.15) is 43.4 Å². The summed E-state index contributed by atoms with van der Waals surface area (Å²) >= 11 is 12.2. The zero-order valence-electron chi connectivity index (χ0n) is 14.7. The minimum Gasteiger partial charge on any atom is -0.482 e. The van der Waals surface area contributed by atoms with E-state index >= 15 is 0 Å². The van der Waals surface area contributed by atoms with Crippen molar-refractivity contribution in [2.75, 3.05) is 5.73 Å². The number of hydrogen-bond donors (Lipinski definition) is 2. The van der Waals surface area contributed by atoms with Crippen LogP contribution in [0.15, 0.2) is 24.4 Å². The second-order valence-electron chi connectivity index (χ2n) is 6.56. The number of rotatable bonds is 3. The molecule has 0 spiro atoms. The van der Waals surface area contributed by atoms with E-state index in [2.05, 4.69) is 16.8 Å². The van der Waals surface area contributed by atoms with Crippen LogP contribution >= 0.6 is 23.2 Å². The number of nitrogen functional groups attached to an aromatic ring is 1. The fraction of sp³-hybridized carbons (Fsp3) is 0.350. The van der Waals surface area contributed by atoms with Gasteiger partial charge in [0.1, 0.15) is 11.9 Å². The van der Waals surface area contributed by atoms with Gasteiger partial charge in [0, 0.05) is 34.3 Å². The zero-order chi connectivity index (χ0) is 19.6. The molecule has 7 heteroatoms. The summed E-state index contributed by atoms with van der Waals surface area (Å²) in [6, 6.07) is 4.31. The topological polar surface area (TPSA) is 68.4 Å². The molecule has 1 aliphatic carbocycles. The van der Waals surface area contributed by atoms with Gasteiger partial charge in [0.15, 0.2) is 11.6 Å². The molecule has 27 heavy (non-hydrogen) atoms. The quantitative estimate of drug-likeness (QED) is 0.567. The number of ether oxygens (including phenoxy) is 1. The molecule has 1 saturated carbocycles. The molecule has 1 aliphatic rings. The Morgan fingerprint density at radius 1 is 1.37 bits per heavy atom. The molecular weight excluding hydrogens is 390 g/mol. The highest BCUT2D eigenvalue weighted by Gasteiger charge is 2.21. The highest BCUT2D eigenvalue weighted by atomic mass is 35.5. The van der Waals surface area contributed by atoms with Crippen molar-refractivity contribution in [3.63, 3.8) is 0 Å². The smallest absolute Gasteiger partial charge is 0.166 e. The summed E-state index contributed by atoms with van der Waals surface area (Å²) in [5, 5.41) is 9.80. The molecule has 3 N–H and O–H groups in total. The van der Waals surface area contributed by atoms with Crippen LogP contribution in [0.2, 0.25) is 10.0 Å². The minimum atomic E-state index is -0.641. The SMILES string of the molecule is C[C@@H](Oc1cc(C#CC2CCC(O)C2)cnc1N)c1c(Cl)ccc(F)c1Cl. The standard InChI is InChI=1S/C20H19Cl2FN2O2/c1-11(18-15(21)6-7-16(23)19(18)22)27-17-9-13(10-25-20(17)24)3-2-12-4-5-14(26)8-12/h6-7,9-12,14,26H,4-5,8H2,1H3,(H2,24,25)/t11-,12?,14?/m1/s1. The van der Waals surface area contributed by atoms with E-state index in [1.165, 1.54) is 12.1 Å². The summed E-state index contributed by atoms with van der Waals surface area (Å²) in [6.07, 6.45) is 3.00. The molecule has 3 atom stereocenters. The van der Waals surface area contributed by atoms with Crippen LogP contribution in [0.5, 0.6) is 5.75 Å². The maximum atomic E-state index is 13.8. The minimum absolute atomic E-state index is 0.0859. The number of hydrogen-bond acceptors (Lipinski definition) is 4. The first-order valence-corrected chi connectivity index (χ1v) is 9.36. The first-order chi connectivity index (χ1) is 12.8. The van der Waals surface area contributed by atoms with Gasteiger partial charge in [-0.05, 0) is 38.3 Å². The van der Waals surface area contributed by atoms with Gasteiger partial charge in [0.05, 0.1) is 11.1 Å². The van der Waals surface area contributed by atoms with Crippen molar-refractivity contribution in [3.8, 4) is 17.6 Å². The van der Waals surface area contributed by atoms with Crippen LogP contribution < -0.4 is 10.5 Å². The van der Waals surface area contributed by atoms with Gasteiger partial charge in [-0.1, -0.05) is 35.0 Å². The van der Waals surface area contributed by atoms with Crippen molar-refractivity contribution in [2.24, 2.45) is 5.92 Å². The van der Waals surface area contributed by atoms with Gasteiger partial charge in [-0.15, -0.1) is 0 Å². The number of aliphatic hydroxyl groups is 1. The van der Waals surface area contributed by atoms with E-state index in [0.29, 0.717) is 28.3 Å². The second kappa shape index (κ2) is 8.35. The van der Waals surface area contributed by atoms with E-state index in [1.807, 2.05) is 0 Å². The van der Waals surface area contributed by atoms with Crippen LogP contribution in [-0.2, 0) is 0 Å². The summed E-state index contributed by atoms with van der Waals surface area (Å²) in [5.41, 5.74) is 6.89. The van der Waals surface area contributed by atoms with Gasteiger partial charge in [0.25, 0.3) is 0 Å². The maximum Gasteiger partial charge on any atom is 0.166 e. The molecule has 0 radical (unpaired) electrons. The van der Waals surface area contributed by atoms with Gasteiger partial charge in [-0.3, -0.25) is 0 Å². The van der Waals surface area contributed by atoms with Crippen molar-refractivity contribution < 1.29 is 14.2 Å². The molecular formula is C20H19Cl2FN2O2. The van der Waals surface area contributed by atoms with Crippen molar-refractivity contribution >= 4 is 29.0 Å². The lowest BCUT2D eigenvalue weighted by molar-refractivity contribution is 0.180. The summed E-state index contributed by atoms with van der Waals surface area (Å²) in [6.45, 7) is 1.70. The zero-order valence-corrected chi connectivity index (χ0v) is 16.2. The average molecular weight is 409 g/mol. The molecule has 3 rings (SSSR count). The Balaban J connectivity index is 1.81. The summed E-state index contributed by atoms with van der Waals surface area (Å²) in [7, 11) is 0. The number of nitrogens with two attached hydrogens (primary N) is 1. The molecule has 0 aliphatic heterocycles. The van der Waals surface area contributed by atoms with Crippen LogP contribution in [0.4, 0.5) is 10.2 Å². The molecule has 142 valence electrons. The molecule has 0 amide bonds. The number of nitrogens with zero attached hydrogens (tertiary/aromatic N) is 1. The van der Waals surface area contributed by atoms with Crippen LogP contribution in [0.25, 0.3) is 0 Å². The summed E-state index contributed by atoms with van der Waals surface area (Å²) < 4.78 is 19.6. The Kier molecular flexibility index (Phi) is 6.11. The third-order valence-corrected chi connectivity index (χ3v) is 5.21. The molecule has 2 aromatic rings. The monoisotopic (exact) mass is 408 g/mol. The molecule has 0 bridgehead atoms. The largest absolute Gasteiger partial charge is 0.482 e. The van der Waals surface area contributed by atoms with E-state index < -0.39 is 11.9 Å². The third-order valence-electron chi connectivity index (χ3n) is 4.50. The first kappa shape index (κ1) is 19.8. The Hall–Kier alpha value is -2.00. The van der Waals surface area contributed by atoms with Crippen molar-refractivity contribution in [2.45, 2.75) is 38.4 Å². The fourth-order valence-corrected chi connectivity index (χ4v) is 3.73. The number of benzene rings is 1. The molecule has 1 aromatic heterocycles. The second-order valence-corrected chi connectivity index (χ2v) is 7.34. The first-order valence-electron chi connectivity index (χ1n) is 8.60. The predicted molar refractivity (Wildman–Crippen MR) is 104 cm³/mol. The summed E-state index contributed by atoms with van der Waals surface area (Å²) in [5.74, 6) is 6.30. The Labute approximate surface area is 167 Å². The lowest BCUT2D eigenvalue weighted by atomic mass is 10.1. The van der Waals surface area contributed by atoms with Gasteiger partial charge < -0.3 is 15.6 Å². The predicted octanol–water partition coefficient (Wildman–Crippen LogP) is 4.76. The number of pyridine rings is 1. The van der Waals surface area contributed by atoms with Gasteiger partial charge in [0.2, 0.25) is 0 Å². The third kappa shape index (κ3) is 4.65. The van der Waals surface area contributed by atoms with Crippen LogP contribution in [-0.4, -0.2) is 16.2 Å². The highest BCUT2D eigenvalue weighted by molar-refractivity contribution is 6.36. The summed E-state index contributed by atoms with van der Waals surface area (Å²) in [4.78, 5) is 4.11.